The SMILES string of the molecule is CCc1cc(C)c(SOO[O-])c(CC)c1Nc1nc(N(c2nc3ccc(C)cc3s2)c2c(CC)cc(C)c(C)c2CC)cc(C)c1N=Nc1c(C#N)c(C)nn1-c1nc2cc(C)ccc2s1.[Na+]. The molecule has 17 heteroatoms. The maximum atomic E-state index is 11.1. The number of azo groups is 1. The van der Waals surface area contributed by atoms with Crippen LogP contribution in [-0.4, -0.2) is 24.7 Å². The third-order valence-electron chi connectivity index (χ3n) is 12.0. The molecule has 0 bridgehead atoms. The van der Waals surface area contributed by atoms with Gasteiger partial charge >= 0.3 is 29.6 Å². The smallest absolute Gasteiger partial charge is 0.691 e. The van der Waals surface area contributed by atoms with E-state index < -0.39 is 0 Å². The Kier molecular flexibility index (Phi) is 15.7. The van der Waals surface area contributed by atoms with E-state index in [-0.39, 0.29) is 35.4 Å². The molecule has 4 heterocycles. The number of fused-ring (bicyclic) bond motifs is 2. The summed E-state index contributed by atoms with van der Waals surface area (Å²) in [6, 6.07) is 21.2. The van der Waals surface area contributed by atoms with Crippen LogP contribution in [0.15, 0.2) is 69.7 Å². The van der Waals surface area contributed by atoms with Crippen LogP contribution in [-0.2, 0) is 35.1 Å². The number of hydrogen-bond acceptors (Lipinski definition) is 15. The molecule has 0 aliphatic rings. The Morgan fingerprint density at radius 1 is 0.776 bits per heavy atom. The number of thiazole rings is 2. The second-order valence-corrected chi connectivity index (χ2v) is 19.1. The van der Waals surface area contributed by atoms with Gasteiger partial charge in [0.1, 0.15) is 23.1 Å². The summed E-state index contributed by atoms with van der Waals surface area (Å²) in [5.41, 5.74) is 15.6. The van der Waals surface area contributed by atoms with Gasteiger partial charge in [-0.25, -0.2) is 15.0 Å². The van der Waals surface area contributed by atoms with Gasteiger partial charge in [0.25, 0.3) is 0 Å². The first kappa shape index (κ1) is 49.8. The molecule has 0 atom stereocenters. The predicted molar refractivity (Wildman–Crippen MR) is 266 cm³/mol. The molecule has 0 fully saturated rings. The second-order valence-electron chi connectivity index (χ2n) is 16.4. The van der Waals surface area contributed by atoms with Crippen molar-refractivity contribution in [2.75, 3.05) is 10.2 Å². The zero-order valence-corrected chi connectivity index (χ0v) is 44.4. The van der Waals surface area contributed by atoms with Gasteiger partial charge in [-0.05, 0) is 160 Å². The van der Waals surface area contributed by atoms with Gasteiger partial charge in [0.05, 0.1) is 43.9 Å². The first-order valence-electron chi connectivity index (χ1n) is 22.0. The zero-order valence-electron chi connectivity index (χ0n) is 40.0. The minimum atomic E-state index is 0. The number of rotatable bonds is 15. The molecule has 338 valence electrons. The maximum Gasteiger partial charge on any atom is 1.00 e. The van der Waals surface area contributed by atoms with Gasteiger partial charge < -0.3 is 10.6 Å². The number of nitrogens with one attached hydrogen (secondary N) is 1. The zero-order chi connectivity index (χ0) is 47.0. The Labute approximate surface area is 425 Å². The third-order valence-corrected chi connectivity index (χ3v) is 14.9. The van der Waals surface area contributed by atoms with Crippen LogP contribution in [0.3, 0.4) is 0 Å². The van der Waals surface area contributed by atoms with Gasteiger partial charge in [-0.1, -0.05) is 74.6 Å². The van der Waals surface area contributed by atoms with Crippen molar-refractivity contribution in [3.8, 4) is 11.2 Å². The Balaban J connectivity index is 0.00000666. The van der Waals surface area contributed by atoms with E-state index in [1.54, 1.807) is 22.9 Å². The first-order valence-corrected chi connectivity index (χ1v) is 24.4. The number of pyridine rings is 1. The van der Waals surface area contributed by atoms with Crippen molar-refractivity contribution < 1.29 is 44.2 Å². The summed E-state index contributed by atoms with van der Waals surface area (Å²) in [5.74, 6) is 1.33. The molecule has 0 aliphatic heterocycles. The number of nitrogens with zero attached hydrogens (tertiary/aromatic N) is 9. The normalized spacial score (nSPS) is 11.5. The molecule has 0 aliphatic carbocycles. The van der Waals surface area contributed by atoms with Crippen molar-refractivity contribution in [2.24, 2.45) is 10.2 Å². The third kappa shape index (κ3) is 9.67. The van der Waals surface area contributed by atoms with Crippen LogP contribution in [0.5, 0.6) is 0 Å². The van der Waals surface area contributed by atoms with Gasteiger partial charge in [-0.3, -0.25) is 9.94 Å². The van der Waals surface area contributed by atoms with E-state index in [4.69, 9.17) is 34.6 Å². The Morgan fingerprint density at radius 3 is 2.19 bits per heavy atom. The molecule has 0 amide bonds. The number of aryl methyl sites for hydroxylation is 8. The van der Waals surface area contributed by atoms with Gasteiger partial charge in [-0.15, -0.1) is 10.2 Å². The summed E-state index contributed by atoms with van der Waals surface area (Å²) >= 11 is 3.98. The van der Waals surface area contributed by atoms with Gasteiger partial charge in [-0.2, -0.15) is 19.4 Å². The van der Waals surface area contributed by atoms with Gasteiger partial charge in [0.15, 0.2) is 16.8 Å². The Morgan fingerprint density at radius 2 is 1.49 bits per heavy atom. The number of aromatic nitrogens is 5. The molecule has 0 unspecified atom stereocenters. The van der Waals surface area contributed by atoms with Gasteiger partial charge in [0, 0.05) is 10.6 Å². The molecule has 0 radical (unpaired) electrons. The molecule has 4 aromatic carbocycles. The van der Waals surface area contributed by atoms with E-state index in [1.165, 1.54) is 33.6 Å². The molecule has 0 saturated carbocycles. The Bertz CT molecular complexity index is 3240. The number of nitriles is 1. The summed E-state index contributed by atoms with van der Waals surface area (Å²) in [6.07, 6.45) is 2.89. The largest absolute Gasteiger partial charge is 1.00 e. The van der Waals surface area contributed by atoms with Crippen LogP contribution in [0.4, 0.5) is 39.6 Å². The molecule has 8 rings (SSSR count). The quantitative estimate of drug-likeness (QED) is 0.0342. The van der Waals surface area contributed by atoms with Crippen LogP contribution in [0.1, 0.15) is 94.6 Å². The van der Waals surface area contributed by atoms with Crippen molar-refractivity contribution in [3.63, 3.8) is 0 Å². The first-order chi connectivity index (χ1) is 31.8. The molecule has 67 heavy (non-hydrogen) atoms. The predicted octanol–water partition coefficient (Wildman–Crippen LogP) is 10.6. The molecule has 1 N–H and O–H groups in total. The number of benzene rings is 4. The topological polar surface area (TPSA) is 162 Å². The van der Waals surface area contributed by atoms with Gasteiger partial charge in [0.2, 0.25) is 5.13 Å². The summed E-state index contributed by atoms with van der Waals surface area (Å²) in [5, 5.41) is 45.1. The second kappa shape index (κ2) is 21.1. The van der Waals surface area contributed by atoms with Crippen molar-refractivity contribution in [1.82, 2.24) is 24.7 Å². The summed E-state index contributed by atoms with van der Waals surface area (Å²) in [6.45, 7) is 22.8. The minimum absolute atomic E-state index is 0. The summed E-state index contributed by atoms with van der Waals surface area (Å²) < 4.78 is 8.59. The Hall–Kier alpha value is -5.06. The average molecular weight is 959 g/mol. The fraction of sp³-hybridized carbons (Fsp3) is 0.300. The number of anilines is 5. The molecule has 4 aromatic heterocycles. The summed E-state index contributed by atoms with van der Waals surface area (Å²) in [7, 11) is 0. The molecule has 8 aromatic rings. The van der Waals surface area contributed by atoms with E-state index in [1.807, 2.05) is 45.0 Å². The van der Waals surface area contributed by atoms with Crippen LogP contribution in [0.25, 0.3) is 25.6 Å². The van der Waals surface area contributed by atoms with Crippen LogP contribution in [0.2, 0.25) is 0 Å². The molecular formula is C50H51N10NaO3S3. The number of hydrogen-bond donors (Lipinski definition) is 1. The molecule has 13 nitrogen and oxygen atoms in total. The van der Waals surface area contributed by atoms with E-state index in [0.29, 0.717) is 46.6 Å². The molecule has 0 saturated heterocycles. The molecular weight excluding hydrogens is 908 g/mol. The maximum absolute atomic E-state index is 11.1. The fourth-order valence-electron chi connectivity index (χ4n) is 8.51. The van der Waals surface area contributed by atoms with E-state index in [9.17, 15) is 10.5 Å². The van der Waals surface area contributed by atoms with Crippen molar-refractivity contribution in [3.05, 3.63) is 121 Å². The van der Waals surface area contributed by atoms with Crippen molar-refractivity contribution in [1.29, 1.82) is 5.26 Å². The minimum Gasteiger partial charge on any atom is -0.691 e. The van der Waals surface area contributed by atoms with E-state index >= 15 is 0 Å². The van der Waals surface area contributed by atoms with E-state index in [0.717, 1.165) is 100 Å². The van der Waals surface area contributed by atoms with Crippen LogP contribution < -0.4 is 45.0 Å². The van der Waals surface area contributed by atoms with Crippen molar-refractivity contribution >= 4 is 94.8 Å². The fourth-order valence-corrected chi connectivity index (χ4v) is 11.1. The van der Waals surface area contributed by atoms with Crippen LogP contribution >= 0.6 is 34.7 Å². The van der Waals surface area contributed by atoms with Crippen LogP contribution in [0, 0.1) is 59.8 Å². The van der Waals surface area contributed by atoms with E-state index in [2.05, 4.69) is 100 Å². The average Bonchev–Trinajstić information content (AvgIpc) is 4.01. The summed E-state index contributed by atoms with van der Waals surface area (Å²) in [4.78, 5) is 18.7. The monoisotopic (exact) mass is 958 g/mol. The molecule has 0 spiro atoms. The van der Waals surface area contributed by atoms with Crippen molar-refractivity contribution in [2.45, 2.75) is 107 Å². The standard InChI is InChI=1S/C50H52N10O3S3.Na/c1-12-33-23-30(9)46(66-63-62-61)36(15-4)44(33)55-47-43(56-57-48-37(25-51)32(11)58-60(48)50-53-39-20-26(5)17-19-40(39)64-50)29(8)24-42(54-47)59(49-52-38-18-16-27(6)21-41(38)65-49)45-34(13-2)22-28(7)31(10)35(45)14-3;/h16-24,61H,12-15H2,1-11H3,(H,54,55);/q;+1/p-1.